The maximum Gasteiger partial charge on any atom is 0.123 e. The average molecular weight is 217 g/mol. The quantitative estimate of drug-likeness (QED) is 0.672. The van der Waals surface area contributed by atoms with Crippen LogP contribution < -0.4 is 0 Å². The van der Waals surface area contributed by atoms with Gasteiger partial charge in [-0.1, -0.05) is 29.8 Å². The normalized spacial score (nSPS) is 10.6. The van der Waals surface area contributed by atoms with E-state index in [0.717, 1.165) is 10.0 Å². The van der Waals surface area contributed by atoms with Gasteiger partial charge in [-0.25, -0.2) is 4.39 Å². The highest BCUT2D eigenvalue weighted by Crippen LogP contribution is 2.24. The highest BCUT2D eigenvalue weighted by atomic mass is 79.9. The second kappa shape index (κ2) is 3.35. The Morgan fingerprint density at radius 3 is 2.45 bits per heavy atom. The van der Waals surface area contributed by atoms with Gasteiger partial charge in [0.15, 0.2) is 0 Å². The first kappa shape index (κ1) is 8.72. The lowest BCUT2D eigenvalue weighted by Crippen LogP contribution is -1.89. The number of benzene rings is 1. The molecule has 60 valence electrons. The Labute approximate surface area is 74.6 Å². The smallest absolute Gasteiger partial charge is 0.123 e. The molecule has 0 N–H and O–H groups in total. The molecule has 0 aliphatic rings. The summed E-state index contributed by atoms with van der Waals surface area (Å²) in [5.41, 5.74) is 1.02. The molecule has 1 aromatic carbocycles. The minimum Gasteiger partial charge on any atom is -0.207 e. The summed E-state index contributed by atoms with van der Waals surface area (Å²) in [5.74, 6) is 0.192. The Morgan fingerprint density at radius 1 is 1.36 bits per heavy atom. The van der Waals surface area contributed by atoms with Gasteiger partial charge < -0.3 is 0 Å². The van der Waals surface area contributed by atoms with Crippen LogP contribution in [0.1, 0.15) is 25.3 Å². The van der Waals surface area contributed by atoms with Gasteiger partial charge >= 0.3 is 0 Å². The summed E-state index contributed by atoms with van der Waals surface area (Å²) < 4.78 is 13.7. The fraction of sp³-hybridized carbons (Fsp3) is 0.333. The van der Waals surface area contributed by atoms with Crippen LogP contribution in [-0.2, 0) is 0 Å². The molecular formula is C9H10BrF. The minimum absolute atomic E-state index is 0.170. The summed E-state index contributed by atoms with van der Waals surface area (Å²) in [5, 5.41) is 0. The molecule has 1 rings (SSSR count). The number of halogens is 2. The van der Waals surface area contributed by atoms with E-state index >= 15 is 0 Å². The van der Waals surface area contributed by atoms with Gasteiger partial charge in [0.1, 0.15) is 5.82 Å². The Bertz CT molecular complexity index is 256. The van der Waals surface area contributed by atoms with Crippen molar-refractivity contribution in [3.05, 3.63) is 34.1 Å². The fourth-order valence-electron chi connectivity index (χ4n) is 0.957. The fourth-order valence-corrected chi connectivity index (χ4v) is 1.66. The van der Waals surface area contributed by atoms with E-state index in [1.54, 1.807) is 12.1 Å². The predicted octanol–water partition coefficient (Wildman–Crippen LogP) is 3.71. The third kappa shape index (κ3) is 2.03. The van der Waals surface area contributed by atoms with Crippen LogP contribution in [0.15, 0.2) is 22.7 Å². The van der Waals surface area contributed by atoms with Crippen LogP contribution in [0.25, 0.3) is 0 Å². The largest absolute Gasteiger partial charge is 0.207 e. The van der Waals surface area contributed by atoms with Gasteiger partial charge in [0.25, 0.3) is 0 Å². The molecule has 0 aliphatic heterocycles. The van der Waals surface area contributed by atoms with E-state index in [4.69, 9.17) is 0 Å². The van der Waals surface area contributed by atoms with E-state index in [1.807, 2.05) is 13.8 Å². The third-order valence-corrected chi connectivity index (χ3v) is 2.30. The van der Waals surface area contributed by atoms with Crippen LogP contribution in [0.3, 0.4) is 0 Å². The third-order valence-electron chi connectivity index (χ3n) is 1.58. The molecule has 0 radical (unpaired) electrons. The van der Waals surface area contributed by atoms with Crippen molar-refractivity contribution in [3.8, 4) is 0 Å². The molecule has 0 amide bonds. The number of hydrogen-bond acceptors (Lipinski definition) is 0. The monoisotopic (exact) mass is 216 g/mol. The Morgan fingerprint density at radius 2 is 2.00 bits per heavy atom. The van der Waals surface area contributed by atoms with Crippen LogP contribution in [0.4, 0.5) is 4.39 Å². The Hall–Kier alpha value is -0.370. The molecule has 0 fully saturated rings. The number of rotatable bonds is 1. The lowest BCUT2D eigenvalue weighted by Gasteiger charge is -2.07. The first-order valence-corrected chi connectivity index (χ1v) is 4.35. The summed E-state index contributed by atoms with van der Waals surface area (Å²) in [6.07, 6.45) is 0. The molecule has 0 aliphatic carbocycles. The van der Waals surface area contributed by atoms with Gasteiger partial charge in [-0.2, -0.15) is 0 Å². The van der Waals surface area contributed by atoms with Crippen LogP contribution in [0.5, 0.6) is 0 Å². The van der Waals surface area contributed by atoms with Crippen molar-refractivity contribution in [3.63, 3.8) is 0 Å². The van der Waals surface area contributed by atoms with E-state index in [2.05, 4.69) is 15.9 Å². The highest BCUT2D eigenvalue weighted by molar-refractivity contribution is 9.10. The number of hydrogen-bond donors (Lipinski definition) is 0. The van der Waals surface area contributed by atoms with E-state index in [9.17, 15) is 4.39 Å². The molecule has 1 aromatic rings. The van der Waals surface area contributed by atoms with E-state index < -0.39 is 0 Å². The zero-order valence-electron chi connectivity index (χ0n) is 6.57. The highest BCUT2D eigenvalue weighted by Gasteiger charge is 2.04. The van der Waals surface area contributed by atoms with Gasteiger partial charge in [-0.15, -0.1) is 0 Å². The zero-order valence-corrected chi connectivity index (χ0v) is 8.15. The molecule has 0 heterocycles. The lowest BCUT2D eigenvalue weighted by molar-refractivity contribution is 0.622. The van der Waals surface area contributed by atoms with Crippen LogP contribution in [-0.4, -0.2) is 0 Å². The molecule has 0 nitrogen and oxygen atoms in total. The molecule has 2 heteroatoms. The molecule has 0 unspecified atom stereocenters. The SMILES string of the molecule is CC(C)c1cc(F)ccc1Br. The summed E-state index contributed by atoms with van der Waals surface area (Å²) in [6.45, 7) is 4.08. The molecule has 0 spiro atoms. The molecule has 0 bridgehead atoms. The van der Waals surface area contributed by atoms with Crippen LogP contribution in [0, 0.1) is 5.82 Å². The second-order valence-electron chi connectivity index (χ2n) is 2.82. The molecule has 0 aromatic heterocycles. The first-order chi connectivity index (χ1) is 5.11. The van der Waals surface area contributed by atoms with E-state index in [1.165, 1.54) is 6.07 Å². The molecule has 0 atom stereocenters. The van der Waals surface area contributed by atoms with Crippen LogP contribution in [0.2, 0.25) is 0 Å². The molecule has 11 heavy (non-hydrogen) atoms. The summed E-state index contributed by atoms with van der Waals surface area (Å²) in [4.78, 5) is 0. The zero-order chi connectivity index (χ0) is 8.43. The molecule has 0 saturated heterocycles. The minimum atomic E-state index is -0.170. The van der Waals surface area contributed by atoms with Gasteiger partial charge in [-0.05, 0) is 29.7 Å². The Balaban J connectivity index is 3.13. The van der Waals surface area contributed by atoms with Crippen molar-refractivity contribution in [2.75, 3.05) is 0 Å². The maximum absolute atomic E-state index is 12.7. The maximum atomic E-state index is 12.7. The van der Waals surface area contributed by atoms with Crippen molar-refractivity contribution < 1.29 is 4.39 Å². The van der Waals surface area contributed by atoms with Crippen molar-refractivity contribution in [1.29, 1.82) is 0 Å². The summed E-state index contributed by atoms with van der Waals surface area (Å²) >= 11 is 3.36. The van der Waals surface area contributed by atoms with Crippen molar-refractivity contribution in [2.45, 2.75) is 19.8 Å². The van der Waals surface area contributed by atoms with Crippen molar-refractivity contribution in [2.24, 2.45) is 0 Å². The average Bonchev–Trinajstić information content (AvgIpc) is 1.94. The second-order valence-corrected chi connectivity index (χ2v) is 3.67. The first-order valence-electron chi connectivity index (χ1n) is 3.56. The summed E-state index contributed by atoms with van der Waals surface area (Å²) in [7, 11) is 0. The van der Waals surface area contributed by atoms with Gasteiger partial charge in [-0.3, -0.25) is 0 Å². The van der Waals surface area contributed by atoms with E-state index in [-0.39, 0.29) is 5.82 Å². The van der Waals surface area contributed by atoms with Gasteiger partial charge in [0.2, 0.25) is 0 Å². The topological polar surface area (TPSA) is 0 Å². The van der Waals surface area contributed by atoms with Gasteiger partial charge in [0.05, 0.1) is 0 Å². The van der Waals surface area contributed by atoms with Gasteiger partial charge in [0, 0.05) is 4.47 Å². The standard InChI is InChI=1S/C9H10BrF/c1-6(2)8-5-7(11)3-4-9(8)10/h3-6H,1-2H3. The van der Waals surface area contributed by atoms with E-state index in [0.29, 0.717) is 5.92 Å². The predicted molar refractivity (Wildman–Crippen MR) is 48.2 cm³/mol. The van der Waals surface area contributed by atoms with Crippen molar-refractivity contribution >= 4 is 15.9 Å². The Kier molecular flexibility index (Phi) is 2.66. The lowest BCUT2D eigenvalue weighted by atomic mass is 10.0. The molecule has 0 saturated carbocycles. The summed E-state index contributed by atoms with van der Waals surface area (Å²) in [6, 6.07) is 4.76. The molecular weight excluding hydrogens is 207 g/mol. The van der Waals surface area contributed by atoms with Crippen molar-refractivity contribution in [1.82, 2.24) is 0 Å². The van der Waals surface area contributed by atoms with Crippen LogP contribution >= 0.6 is 15.9 Å².